The van der Waals surface area contributed by atoms with Crippen molar-refractivity contribution >= 4 is 46.2 Å². The molecule has 2 N–H and O–H groups in total. The van der Waals surface area contributed by atoms with Gasteiger partial charge in [0.05, 0.1) is 17.6 Å². The number of anilines is 1. The number of nitrogens with one attached hydrogen (secondary N) is 2. The fourth-order valence-corrected chi connectivity index (χ4v) is 2.56. The topological polar surface area (TPSA) is 93.5 Å². The van der Waals surface area contributed by atoms with Gasteiger partial charge in [-0.1, -0.05) is 23.7 Å². The van der Waals surface area contributed by atoms with Gasteiger partial charge >= 0.3 is 0 Å². The molecule has 0 spiro atoms. The van der Waals surface area contributed by atoms with Crippen LogP contribution in [-0.2, 0) is 0 Å². The second-order valence-electron chi connectivity index (χ2n) is 4.98. The van der Waals surface area contributed by atoms with Crippen molar-refractivity contribution < 1.29 is 14.5 Å². The molecule has 7 nitrogen and oxygen atoms in total. The molecule has 1 amide bonds. The Morgan fingerprint density at radius 1 is 1.32 bits per heavy atom. The number of nitro benzene ring substituents is 1. The number of rotatable bonds is 4. The third kappa shape index (κ3) is 4.43. The number of hydrogen-bond acceptors (Lipinski definition) is 5. The zero-order valence-corrected chi connectivity index (χ0v) is 14.9. The molecule has 0 aliphatic heterocycles. The summed E-state index contributed by atoms with van der Waals surface area (Å²) in [7, 11) is 1.47. The average Bonchev–Trinajstić information content (AvgIpc) is 2.55. The quantitative estimate of drug-likeness (QED) is 0.478. The van der Waals surface area contributed by atoms with E-state index < -0.39 is 10.8 Å². The lowest BCUT2D eigenvalue weighted by atomic mass is 10.1. The van der Waals surface area contributed by atoms with E-state index >= 15 is 0 Å². The number of benzene rings is 2. The molecule has 0 saturated heterocycles. The summed E-state index contributed by atoms with van der Waals surface area (Å²) in [6, 6.07) is 9.19. The molecule has 0 bridgehead atoms. The van der Waals surface area contributed by atoms with Crippen LogP contribution in [0.2, 0.25) is 5.02 Å². The van der Waals surface area contributed by atoms with Gasteiger partial charge < -0.3 is 10.1 Å². The van der Waals surface area contributed by atoms with E-state index in [2.05, 4.69) is 10.6 Å². The zero-order valence-electron chi connectivity index (χ0n) is 13.3. The first kappa shape index (κ1) is 18.6. The summed E-state index contributed by atoms with van der Waals surface area (Å²) in [5, 5.41) is 16.3. The minimum Gasteiger partial charge on any atom is -0.496 e. The Balaban J connectivity index is 2.18. The van der Waals surface area contributed by atoms with Crippen molar-refractivity contribution in [3.63, 3.8) is 0 Å². The first-order valence-corrected chi connectivity index (χ1v) is 7.82. The minimum atomic E-state index is -0.595. The van der Waals surface area contributed by atoms with E-state index in [1.165, 1.54) is 25.3 Å². The number of para-hydroxylation sites is 1. The molecule has 0 fully saturated rings. The summed E-state index contributed by atoms with van der Waals surface area (Å²) >= 11 is 10.8. The Labute approximate surface area is 154 Å². The van der Waals surface area contributed by atoms with Crippen LogP contribution in [0, 0.1) is 17.0 Å². The Bertz CT molecular complexity index is 857. The number of carbonyl (C=O) groups is 1. The van der Waals surface area contributed by atoms with Crippen LogP contribution in [0.25, 0.3) is 0 Å². The highest BCUT2D eigenvalue weighted by Gasteiger charge is 2.18. The maximum absolute atomic E-state index is 12.4. The van der Waals surface area contributed by atoms with Crippen LogP contribution >= 0.6 is 23.8 Å². The maximum Gasteiger partial charge on any atom is 0.294 e. The monoisotopic (exact) mass is 379 g/mol. The van der Waals surface area contributed by atoms with E-state index in [1.54, 1.807) is 12.1 Å². The molecule has 9 heteroatoms. The maximum atomic E-state index is 12.4. The lowest BCUT2D eigenvalue weighted by Crippen LogP contribution is -2.34. The molecule has 0 atom stereocenters. The number of carbonyl (C=O) groups excluding carboxylic acids is 1. The number of nitro groups is 1. The molecule has 2 aromatic rings. The second-order valence-corrected chi connectivity index (χ2v) is 5.83. The number of amides is 1. The van der Waals surface area contributed by atoms with Crippen LogP contribution in [0.1, 0.15) is 15.9 Å². The van der Waals surface area contributed by atoms with Gasteiger partial charge in [0.25, 0.3) is 11.6 Å². The fourth-order valence-electron chi connectivity index (χ4n) is 2.19. The number of nitrogens with zero attached hydrogens (tertiary/aromatic N) is 1. The second kappa shape index (κ2) is 7.91. The molecule has 0 radical (unpaired) electrons. The Hall–Kier alpha value is -2.71. The van der Waals surface area contributed by atoms with Crippen molar-refractivity contribution in [1.29, 1.82) is 0 Å². The number of hydrogen-bond donors (Lipinski definition) is 2. The van der Waals surface area contributed by atoms with Crippen molar-refractivity contribution in [2.75, 3.05) is 12.4 Å². The third-order valence-electron chi connectivity index (χ3n) is 3.29. The lowest BCUT2D eigenvalue weighted by molar-refractivity contribution is -0.383. The molecule has 0 aliphatic carbocycles. The van der Waals surface area contributed by atoms with E-state index in [-0.39, 0.29) is 21.5 Å². The minimum absolute atomic E-state index is 0.0843. The molecular weight excluding hydrogens is 366 g/mol. The summed E-state index contributed by atoms with van der Waals surface area (Å²) in [6.07, 6.45) is 0. The van der Waals surface area contributed by atoms with Crippen molar-refractivity contribution in [1.82, 2.24) is 5.32 Å². The van der Waals surface area contributed by atoms with Gasteiger partial charge in [-0.3, -0.25) is 20.2 Å². The van der Waals surface area contributed by atoms with E-state index in [9.17, 15) is 14.9 Å². The summed E-state index contributed by atoms with van der Waals surface area (Å²) < 4.78 is 5.23. The Morgan fingerprint density at radius 3 is 2.68 bits per heavy atom. The Morgan fingerprint density at radius 2 is 2.04 bits per heavy atom. The first-order valence-electron chi connectivity index (χ1n) is 7.03. The van der Waals surface area contributed by atoms with Gasteiger partial charge in [-0.15, -0.1) is 0 Å². The van der Waals surface area contributed by atoms with Crippen LogP contribution in [-0.4, -0.2) is 23.1 Å². The highest BCUT2D eigenvalue weighted by molar-refractivity contribution is 7.80. The SMILES string of the molecule is COc1c(C)cccc1C(=O)NC(=S)Nc1ccc(Cl)cc1[N+](=O)[O-]. The molecule has 2 aromatic carbocycles. The lowest BCUT2D eigenvalue weighted by Gasteiger charge is -2.13. The molecule has 130 valence electrons. The van der Waals surface area contributed by atoms with E-state index in [0.717, 1.165) is 5.56 Å². The Kier molecular flexibility index (Phi) is 5.89. The average molecular weight is 380 g/mol. The molecule has 0 saturated carbocycles. The molecule has 2 rings (SSSR count). The van der Waals surface area contributed by atoms with Gasteiger partial charge in [0, 0.05) is 11.1 Å². The summed E-state index contributed by atoms with van der Waals surface area (Å²) in [5.74, 6) is -0.0602. The molecule has 25 heavy (non-hydrogen) atoms. The summed E-state index contributed by atoms with van der Waals surface area (Å²) in [5.41, 5.74) is 0.966. The van der Waals surface area contributed by atoms with Crippen LogP contribution < -0.4 is 15.4 Å². The summed E-state index contributed by atoms with van der Waals surface area (Å²) in [6.45, 7) is 1.81. The van der Waals surface area contributed by atoms with Gasteiger partial charge in [0.15, 0.2) is 5.11 Å². The largest absolute Gasteiger partial charge is 0.496 e. The molecular formula is C16H14ClN3O4S. The number of thiocarbonyl (C=S) groups is 1. The normalized spacial score (nSPS) is 10.0. The molecule has 0 heterocycles. The highest BCUT2D eigenvalue weighted by atomic mass is 35.5. The predicted octanol–water partition coefficient (Wildman–Crippen LogP) is 3.69. The van der Waals surface area contributed by atoms with Crippen LogP contribution in [0.15, 0.2) is 36.4 Å². The summed E-state index contributed by atoms with van der Waals surface area (Å²) in [4.78, 5) is 22.9. The number of halogens is 1. The van der Waals surface area contributed by atoms with Gasteiger partial charge in [0.2, 0.25) is 0 Å². The predicted molar refractivity (Wildman–Crippen MR) is 99.5 cm³/mol. The van der Waals surface area contributed by atoms with Gasteiger partial charge in [-0.2, -0.15) is 0 Å². The van der Waals surface area contributed by atoms with E-state index in [4.69, 9.17) is 28.6 Å². The van der Waals surface area contributed by atoms with Crippen LogP contribution in [0.3, 0.4) is 0 Å². The fraction of sp³-hybridized carbons (Fsp3) is 0.125. The third-order valence-corrected chi connectivity index (χ3v) is 3.73. The van der Waals surface area contributed by atoms with E-state index in [1.807, 2.05) is 13.0 Å². The van der Waals surface area contributed by atoms with Crippen molar-refractivity contribution in [2.24, 2.45) is 0 Å². The zero-order chi connectivity index (χ0) is 18.6. The van der Waals surface area contributed by atoms with Crippen molar-refractivity contribution in [3.05, 3.63) is 62.7 Å². The van der Waals surface area contributed by atoms with Crippen LogP contribution in [0.5, 0.6) is 5.75 Å². The van der Waals surface area contributed by atoms with Gasteiger partial charge in [0.1, 0.15) is 11.4 Å². The number of ether oxygens (including phenoxy) is 1. The van der Waals surface area contributed by atoms with Gasteiger partial charge in [-0.05, 0) is 42.9 Å². The van der Waals surface area contributed by atoms with Crippen LogP contribution in [0.4, 0.5) is 11.4 Å². The standard InChI is InChI=1S/C16H14ClN3O4S/c1-9-4-3-5-11(14(9)24-2)15(21)19-16(25)18-12-7-6-10(17)8-13(12)20(22)23/h3-8H,1-2H3,(H2,18,19,21,25). The number of methoxy groups -OCH3 is 1. The molecule has 0 aliphatic rings. The molecule has 0 unspecified atom stereocenters. The highest BCUT2D eigenvalue weighted by Crippen LogP contribution is 2.28. The van der Waals surface area contributed by atoms with Gasteiger partial charge in [-0.25, -0.2) is 0 Å². The smallest absolute Gasteiger partial charge is 0.294 e. The molecule has 0 aromatic heterocycles. The van der Waals surface area contributed by atoms with Crippen molar-refractivity contribution in [2.45, 2.75) is 6.92 Å². The number of aryl methyl sites for hydroxylation is 1. The first-order chi connectivity index (χ1) is 11.8. The van der Waals surface area contributed by atoms with E-state index in [0.29, 0.717) is 11.3 Å². The van der Waals surface area contributed by atoms with Crippen molar-refractivity contribution in [3.8, 4) is 5.75 Å².